The molecular formula is C13H16N4O2. The number of nitrogens with one attached hydrogen (secondary N) is 2. The van der Waals surface area contributed by atoms with Crippen molar-refractivity contribution in [2.24, 2.45) is 5.73 Å². The van der Waals surface area contributed by atoms with Gasteiger partial charge in [-0.2, -0.15) is 0 Å². The van der Waals surface area contributed by atoms with Gasteiger partial charge in [-0.3, -0.25) is 4.79 Å². The zero-order valence-electron chi connectivity index (χ0n) is 10.3. The number of nitrogens with zero attached hydrogens (tertiary/aromatic N) is 1. The Morgan fingerprint density at radius 1 is 1.42 bits per heavy atom. The van der Waals surface area contributed by atoms with Crippen molar-refractivity contribution in [2.75, 3.05) is 0 Å². The SMILES string of the molecule is N[C@H](Cc1ccc(O)cc1)C(=O)NCc1cnc[nH]1. The lowest BCUT2D eigenvalue weighted by atomic mass is 10.1. The number of benzene rings is 1. The monoisotopic (exact) mass is 260 g/mol. The van der Waals surface area contributed by atoms with Crippen LogP contribution >= 0.6 is 0 Å². The standard InChI is InChI=1S/C13H16N4O2/c14-12(5-9-1-3-11(18)4-2-9)13(19)16-7-10-6-15-8-17-10/h1-4,6,8,12,18H,5,7,14H2,(H,15,17)(H,16,19)/t12-/m1/s1. The molecule has 0 bridgehead atoms. The number of hydrogen-bond acceptors (Lipinski definition) is 4. The number of carbonyl (C=O) groups excluding carboxylic acids is 1. The Morgan fingerprint density at radius 3 is 2.79 bits per heavy atom. The number of carbonyl (C=O) groups is 1. The quantitative estimate of drug-likeness (QED) is 0.620. The van der Waals surface area contributed by atoms with E-state index in [1.54, 1.807) is 36.8 Å². The molecule has 0 fully saturated rings. The van der Waals surface area contributed by atoms with E-state index >= 15 is 0 Å². The number of amides is 1. The minimum atomic E-state index is -0.618. The Kier molecular flexibility index (Phi) is 4.15. The molecule has 5 N–H and O–H groups in total. The van der Waals surface area contributed by atoms with E-state index in [0.717, 1.165) is 11.3 Å². The normalized spacial score (nSPS) is 12.1. The molecule has 0 radical (unpaired) electrons. The Hall–Kier alpha value is -2.34. The first-order valence-electron chi connectivity index (χ1n) is 5.93. The lowest BCUT2D eigenvalue weighted by molar-refractivity contribution is -0.122. The number of phenols is 1. The molecule has 0 spiro atoms. The third-order valence-electron chi connectivity index (χ3n) is 2.74. The van der Waals surface area contributed by atoms with Gasteiger partial charge >= 0.3 is 0 Å². The molecule has 6 nitrogen and oxygen atoms in total. The van der Waals surface area contributed by atoms with Gasteiger partial charge in [-0.05, 0) is 24.1 Å². The first-order valence-corrected chi connectivity index (χ1v) is 5.93. The van der Waals surface area contributed by atoms with Crippen molar-refractivity contribution in [1.82, 2.24) is 15.3 Å². The van der Waals surface area contributed by atoms with Gasteiger partial charge in [0.05, 0.1) is 24.6 Å². The van der Waals surface area contributed by atoms with Crippen molar-refractivity contribution in [3.8, 4) is 5.75 Å². The molecule has 1 atom stereocenters. The van der Waals surface area contributed by atoms with Crippen molar-refractivity contribution in [3.63, 3.8) is 0 Å². The van der Waals surface area contributed by atoms with Crippen LogP contribution in [0.3, 0.4) is 0 Å². The van der Waals surface area contributed by atoms with Crippen molar-refractivity contribution in [2.45, 2.75) is 19.0 Å². The highest BCUT2D eigenvalue weighted by atomic mass is 16.3. The molecule has 0 aliphatic rings. The number of aromatic hydroxyl groups is 1. The fourth-order valence-electron chi connectivity index (χ4n) is 1.67. The van der Waals surface area contributed by atoms with E-state index in [9.17, 15) is 4.79 Å². The van der Waals surface area contributed by atoms with E-state index in [2.05, 4.69) is 15.3 Å². The molecule has 1 heterocycles. The number of aromatic nitrogens is 2. The summed E-state index contributed by atoms with van der Waals surface area (Å²) in [6.07, 6.45) is 3.62. The van der Waals surface area contributed by atoms with Crippen LogP contribution in [0.5, 0.6) is 5.75 Å². The molecule has 19 heavy (non-hydrogen) atoms. The van der Waals surface area contributed by atoms with E-state index in [4.69, 9.17) is 10.8 Å². The Balaban J connectivity index is 1.83. The summed E-state index contributed by atoms with van der Waals surface area (Å²) >= 11 is 0. The van der Waals surface area contributed by atoms with Gasteiger partial charge in [0.1, 0.15) is 5.75 Å². The summed E-state index contributed by atoms with van der Waals surface area (Å²) in [6, 6.07) is 6.02. The van der Waals surface area contributed by atoms with Gasteiger partial charge in [0.15, 0.2) is 0 Å². The molecule has 2 aromatic rings. The molecule has 100 valence electrons. The smallest absolute Gasteiger partial charge is 0.237 e. The first kappa shape index (κ1) is 13.1. The van der Waals surface area contributed by atoms with Crippen LogP contribution < -0.4 is 11.1 Å². The van der Waals surface area contributed by atoms with Crippen molar-refractivity contribution in [3.05, 3.63) is 48.0 Å². The second-order valence-corrected chi connectivity index (χ2v) is 4.27. The highest BCUT2D eigenvalue weighted by molar-refractivity contribution is 5.81. The van der Waals surface area contributed by atoms with Crippen molar-refractivity contribution < 1.29 is 9.90 Å². The molecule has 1 aromatic heterocycles. The minimum absolute atomic E-state index is 0.195. The van der Waals surface area contributed by atoms with Crippen LogP contribution in [-0.2, 0) is 17.8 Å². The molecule has 0 aliphatic heterocycles. The fourth-order valence-corrected chi connectivity index (χ4v) is 1.67. The number of rotatable bonds is 5. The molecule has 6 heteroatoms. The van der Waals surface area contributed by atoms with Gasteiger partial charge in [-0.25, -0.2) is 4.98 Å². The molecule has 0 saturated heterocycles. The van der Waals surface area contributed by atoms with Crippen molar-refractivity contribution >= 4 is 5.91 Å². The largest absolute Gasteiger partial charge is 0.508 e. The number of hydrogen-bond donors (Lipinski definition) is 4. The van der Waals surface area contributed by atoms with Crippen LogP contribution in [0.15, 0.2) is 36.8 Å². The summed E-state index contributed by atoms with van der Waals surface area (Å²) in [5.74, 6) is -0.0244. The highest BCUT2D eigenvalue weighted by Gasteiger charge is 2.13. The zero-order chi connectivity index (χ0) is 13.7. The van der Waals surface area contributed by atoms with E-state index in [1.807, 2.05) is 0 Å². The number of nitrogens with two attached hydrogens (primary N) is 1. The van der Waals surface area contributed by atoms with Gasteiger partial charge in [0.25, 0.3) is 0 Å². The zero-order valence-corrected chi connectivity index (χ0v) is 10.3. The van der Waals surface area contributed by atoms with Gasteiger partial charge in [-0.15, -0.1) is 0 Å². The van der Waals surface area contributed by atoms with Crippen LogP contribution in [0.25, 0.3) is 0 Å². The highest BCUT2D eigenvalue weighted by Crippen LogP contribution is 2.10. The Labute approximate surface area is 110 Å². The predicted molar refractivity (Wildman–Crippen MR) is 70.2 cm³/mol. The summed E-state index contributed by atoms with van der Waals surface area (Å²) in [5, 5.41) is 11.9. The summed E-state index contributed by atoms with van der Waals surface area (Å²) in [5.41, 5.74) is 7.56. The fraction of sp³-hybridized carbons (Fsp3) is 0.231. The first-order chi connectivity index (χ1) is 9.15. The van der Waals surface area contributed by atoms with E-state index in [-0.39, 0.29) is 11.7 Å². The van der Waals surface area contributed by atoms with E-state index in [0.29, 0.717) is 13.0 Å². The van der Waals surface area contributed by atoms with E-state index < -0.39 is 6.04 Å². The number of imidazole rings is 1. The van der Waals surface area contributed by atoms with Gasteiger partial charge < -0.3 is 21.1 Å². The molecule has 1 amide bonds. The molecule has 0 unspecified atom stereocenters. The number of H-pyrrole nitrogens is 1. The van der Waals surface area contributed by atoms with E-state index in [1.165, 1.54) is 0 Å². The Morgan fingerprint density at radius 2 is 2.16 bits per heavy atom. The molecule has 2 rings (SSSR count). The molecule has 0 aliphatic carbocycles. The summed E-state index contributed by atoms with van der Waals surface area (Å²) in [4.78, 5) is 18.5. The van der Waals surface area contributed by atoms with Crippen LogP contribution in [0.2, 0.25) is 0 Å². The lowest BCUT2D eigenvalue weighted by Crippen LogP contribution is -2.41. The lowest BCUT2D eigenvalue weighted by Gasteiger charge is -2.11. The molecular weight excluding hydrogens is 244 g/mol. The second kappa shape index (κ2) is 6.01. The second-order valence-electron chi connectivity index (χ2n) is 4.27. The maximum atomic E-state index is 11.8. The number of phenolic OH excluding ortho intramolecular Hbond substituents is 1. The van der Waals surface area contributed by atoms with Crippen molar-refractivity contribution in [1.29, 1.82) is 0 Å². The predicted octanol–water partition coefficient (Wildman–Crippen LogP) is 0.301. The number of aromatic amines is 1. The van der Waals surface area contributed by atoms with Crippen LogP contribution in [-0.4, -0.2) is 27.0 Å². The molecule has 0 saturated carbocycles. The van der Waals surface area contributed by atoms with Crippen LogP contribution in [0.1, 0.15) is 11.3 Å². The van der Waals surface area contributed by atoms with Crippen LogP contribution in [0, 0.1) is 0 Å². The maximum absolute atomic E-state index is 11.8. The maximum Gasteiger partial charge on any atom is 0.237 e. The molecule has 1 aromatic carbocycles. The third kappa shape index (κ3) is 3.82. The topological polar surface area (TPSA) is 104 Å². The summed E-state index contributed by atoms with van der Waals surface area (Å²) in [6.45, 7) is 0.377. The third-order valence-corrected chi connectivity index (χ3v) is 2.74. The average Bonchev–Trinajstić information content (AvgIpc) is 2.91. The Bertz CT molecular complexity index is 522. The summed E-state index contributed by atoms with van der Waals surface area (Å²) in [7, 11) is 0. The average molecular weight is 260 g/mol. The van der Waals surface area contributed by atoms with Gasteiger partial charge in [0.2, 0.25) is 5.91 Å². The minimum Gasteiger partial charge on any atom is -0.508 e. The van der Waals surface area contributed by atoms with Crippen LogP contribution in [0.4, 0.5) is 0 Å². The van der Waals surface area contributed by atoms with Gasteiger partial charge in [-0.1, -0.05) is 12.1 Å². The summed E-state index contributed by atoms with van der Waals surface area (Å²) < 4.78 is 0. The van der Waals surface area contributed by atoms with Gasteiger partial charge in [0, 0.05) is 6.20 Å².